The van der Waals surface area contributed by atoms with Gasteiger partial charge >= 0.3 is 0 Å². The van der Waals surface area contributed by atoms with Gasteiger partial charge in [0.15, 0.2) is 5.13 Å². The lowest BCUT2D eigenvalue weighted by molar-refractivity contribution is -0.143. The third-order valence-corrected chi connectivity index (χ3v) is 9.52. The predicted molar refractivity (Wildman–Crippen MR) is 121 cm³/mol. The fraction of sp³-hybridized carbons (Fsp3) is 0.680. The van der Waals surface area contributed by atoms with E-state index in [9.17, 15) is 4.79 Å². The molecule has 4 nitrogen and oxygen atoms in total. The molecule has 30 heavy (non-hydrogen) atoms. The molecule has 1 aliphatic heterocycles. The highest BCUT2D eigenvalue weighted by molar-refractivity contribution is 7.22. The Balaban J connectivity index is 1.40. The maximum atomic E-state index is 14.3. The molecule has 0 N–H and O–H groups in total. The van der Waals surface area contributed by atoms with Crippen LogP contribution in [-0.4, -0.2) is 30.1 Å². The van der Waals surface area contributed by atoms with Gasteiger partial charge in [-0.05, 0) is 94.1 Å². The molecule has 160 valence electrons. The van der Waals surface area contributed by atoms with Crippen molar-refractivity contribution >= 4 is 32.6 Å². The van der Waals surface area contributed by atoms with Crippen molar-refractivity contribution in [1.29, 1.82) is 0 Å². The second kappa shape index (κ2) is 7.03. The molecular weight excluding hydrogens is 392 g/mol. The number of hydrogen-bond donors (Lipinski definition) is 0. The summed E-state index contributed by atoms with van der Waals surface area (Å²) in [6.45, 7) is 5.76. The number of hydrogen-bond acceptors (Lipinski definition) is 4. The molecule has 5 heteroatoms. The summed E-state index contributed by atoms with van der Waals surface area (Å²) in [5, 5.41) is 0.888. The average Bonchev–Trinajstić information content (AvgIpc) is 3.38. The number of amides is 1. The predicted octanol–water partition coefficient (Wildman–Crippen LogP) is 5.64. The van der Waals surface area contributed by atoms with E-state index >= 15 is 0 Å². The number of anilines is 1. The molecule has 1 unspecified atom stereocenters. The first-order valence-corrected chi connectivity index (χ1v) is 12.6. The second-order valence-corrected chi connectivity index (χ2v) is 11.6. The Morgan fingerprint density at radius 2 is 1.80 bits per heavy atom. The first-order chi connectivity index (χ1) is 14.5. The maximum absolute atomic E-state index is 14.3. The number of aromatic nitrogens is 1. The lowest BCUT2D eigenvalue weighted by Crippen LogP contribution is -2.55. The van der Waals surface area contributed by atoms with Crippen LogP contribution in [0.1, 0.15) is 62.5 Å². The monoisotopic (exact) mass is 424 g/mol. The van der Waals surface area contributed by atoms with Gasteiger partial charge in [-0.25, -0.2) is 4.98 Å². The fourth-order valence-electron chi connectivity index (χ4n) is 7.26. The van der Waals surface area contributed by atoms with E-state index in [1.807, 2.05) is 0 Å². The van der Waals surface area contributed by atoms with Gasteiger partial charge in [-0.1, -0.05) is 23.5 Å². The van der Waals surface area contributed by atoms with Crippen LogP contribution in [0.5, 0.6) is 0 Å². The number of thiazole rings is 1. The van der Waals surface area contributed by atoms with E-state index in [1.54, 1.807) is 11.3 Å². The third kappa shape index (κ3) is 3.03. The minimum Gasteiger partial charge on any atom is -0.376 e. The standard InChI is InChI=1S/C25H32N2O2S/c1-15-5-6-16(2)22-21(15)26-24(30-22)27(14-20-4-3-7-29-20)23(28)25-11-17-8-18(12-25)10-19(9-17)13-25/h5-6,17-20H,3-4,7-14H2,1-2H3. The number of rotatable bonds is 4. The van der Waals surface area contributed by atoms with E-state index in [1.165, 1.54) is 35.1 Å². The van der Waals surface area contributed by atoms with Crippen LogP contribution < -0.4 is 4.90 Å². The van der Waals surface area contributed by atoms with Gasteiger partial charge in [0.1, 0.15) is 0 Å². The van der Waals surface area contributed by atoms with E-state index in [2.05, 4.69) is 30.9 Å². The van der Waals surface area contributed by atoms with Crippen molar-refractivity contribution in [3.8, 4) is 0 Å². The van der Waals surface area contributed by atoms with Gasteiger partial charge in [0, 0.05) is 6.61 Å². The molecule has 1 aromatic heterocycles. The van der Waals surface area contributed by atoms with Crippen molar-refractivity contribution in [3.63, 3.8) is 0 Å². The fourth-order valence-corrected chi connectivity index (χ4v) is 8.38. The van der Waals surface area contributed by atoms with Gasteiger partial charge in [0.2, 0.25) is 5.91 Å². The minimum atomic E-state index is -0.144. The molecule has 4 bridgehead atoms. The van der Waals surface area contributed by atoms with Crippen molar-refractivity contribution in [2.75, 3.05) is 18.1 Å². The number of nitrogens with zero attached hydrogens (tertiary/aromatic N) is 2. The van der Waals surface area contributed by atoms with Gasteiger partial charge in [0.05, 0.1) is 28.3 Å². The Bertz CT molecular complexity index is 916. The highest BCUT2D eigenvalue weighted by atomic mass is 32.1. The van der Waals surface area contributed by atoms with E-state index in [0.29, 0.717) is 12.5 Å². The molecular formula is C25H32N2O2S. The zero-order chi connectivity index (χ0) is 20.5. The number of aryl methyl sites for hydroxylation is 2. The van der Waals surface area contributed by atoms with Gasteiger partial charge in [-0.2, -0.15) is 0 Å². The van der Waals surface area contributed by atoms with E-state index in [0.717, 1.165) is 67.1 Å². The molecule has 0 radical (unpaired) electrons. The Hall–Kier alpha value is -1.46. The van der Waals surface area contributed by atoms with Gasteiger partial charge in [-0.15, -0.1) is 0 Å². The molecule has 5 aliphatic rings. The van der Waals surface area contributed by atoms with Crippen LogP contribution in [0, 0.1) is 37.0 Å². The average molecular weight is 425 g/mol. The highest BCUT2D eigenvalue weighted by Gasteiger charge is 2.56. The summed E-state index contributed by atoms with van der Waals surface area (Å²) < 4.78 is 7.20. The normalized spacial score (nSPS) is 34.7. The molecule has 1 atom stereocenters. The first-order valence-electron chi connectivity index (χ1n) is 11.8. The zero-order valence-electron chi connectivity index (χ0n) is 18.2. The van der Waals surface area contributed by atoms with Crippen molar-refractivity contribution in [2.45, 2.75) is 71.3 Å². The third-order valence-electron chi connectivity index (χ3n) is 8.31. The summed E-state index contributed by atoms with van der Waals surface area (Å²) in [4.78, 5) is 21.4. The summed E-state index contributed by atoms with van der Waals surface area (Å²) in [6.07, 6.45) is 9.68. The smallest absolute Gasteiger partial charge is 0.235 e. The van der Waals surface area contributed by atoms with E-state index in [-0.39, 0.29) is 11.5 Å². The summed E-state index contributed by atoms with van der Waals surface area (Å²) in [5.41, 5.74) is 3.36. The van der Waals surface area contributed by atoms with Crippen LogP contribution in [-0.2, 0) is 9.53 Å². The van der Waals surface area contributed by atoms with Crippen LogP contribution in [0.3, 0.4) is 0 Å². The van der Waals surface area contributed by atoms with Crippen LogP contribution in [0.4, 0.5) is 5.13 Å². The molecule has 5 fully saturated rings. The quantitative estimate of drug-likeness (QED) is 0.638. The topological polar surface area (TPSA) is 42.4 Å². The molecule has 2 heterocycles. The lowest BCUT2D eigenvalue weighted by atomic mass is 9.49. The summed E-state index contributed by atoms with van der Waals surface area (Å²) in [6, 6.07) is 4.32. The molecule has 7 rings (SSSR count). The van der Waals surface area contributed by atoms with Crippen LogP contribution in [0.25, 0.3) is 10.2 Å². The van der Waals surface area contributed by atoms with Crippen molar-refractivity contribution < 1.29 is 9.53 Å². The number of carbonyl (C=O) groups excluding carboxylic acids is 1. The Labute approximate surface area is 183 Å². The second-order valence-electron chi connectivity index (χ2n) is 10.6. The van der Waals surface area contributed by atoms with Gasteiger partial charge in [0.25, 0.3) is 0 Å². The molecule has 1 saturated heterocycles. The van der Waals surface area contributed by atoms with E-state index < -0.39 is 0 Å². The SMILES string of the molecule is Cc1ccc(C)c2sc(N(CC3CCCO3)C(=O)C34CC5CC(CC(C5)C3)C4)nc12. The summed E-state index contributed by atoms with van der Waals surface area (Å²) >= 11 is 1.70. The molecule has 4 aliphatic carbocycles. The van der Waals surface area contributed by atoms with Crippen molar-refractivity contribution in [1.82, 2.24) is 4.98 Å². The number of fused-ring (bicyclic) bond motifs is 1. The largest absolute Gasteiger partial charge is 0.376 e. The Kier molecular flexibility index (Phi) is 4.51. The number of carbonyl (C=O) groups is 1. The maximum Gasteiger partial charge on any atom is 0.235 e. The Morgan fingerprint density at radius 1 is 1.13 bits per heavy atom. The van der Waals surface area contributed by atoms with Crippen LogP contribution in [0.2, 0.25) is 0 Å². The number of benzene rings is 1. The molecule has 1 amide bonds. The molecule has 4 saturated carbocycles. The van der Waals surface area contributed by atoms with Gasteiger partial charge in [-0.3, -0.25) is 9.69 Å². The number of ether oxygens (including phenoxy) is 1. The van der Waals surface area contributed by atoms with E-state index in [4.69, 9.17) is 9.72 Å². The summed E-state index contributed by atoms with van der Waals surface area (Å²) in [5.74, 6) is 2.66. The molecule has 1 aromatic carbocycles. The minimum absolute atomic E-state index is 0.144. The van der Waals surface area contributed by atoms with Crippen molar-refractivity contribution in [2.24, 2.45) is 23.2 Å². The molecule has 2 aromatic rings. The molecule has 0 spiro atoms. The highest BCUT2D eigenvalue weighted by Crippen LogP contribution is 2.60. The Morgan fingerprint density at radius 3 is 2.40 bits per heavy atom. The summed E-state index contributed by atoms with van der Waals surface area (Å²) in [7, 11) is 0. The van der Waals surface area contributed by atoms with Crippen LogP contribution >= 0.6 is 11.3 Å². The zero-order valence-corrected chi connectivity index (χ0v) is 19.0. The van der Waals surface area contributed by atoms with Gasteiger partial charge < -0.3 is 4.74 Å². The van der Waals surface area contributed by atoms with Crippen LogP contribution in [0.15, 0.2) is 12.1 Å². The lowest BCUT2D eigenvalue weighted by Gasteiger charge is -2.56. The van der Waals surface area contributed by atoms with Crippen molar-refractivity contribution in [3.05, 3.63) is 23.3 Å². The first kappa shape index (κ1) is 19.2.